The van der Waals surface area contributed by atoms with Gasteiger partial charge < -0.3 is 5.11 Å². The van der Waals surface area contributed by atoms with Gasteiger partial charge in [0.2, 0.25) is 0 Å². The van der Waals surface area contributed by atoms with Crippen LogP contribution in [0.15, 0.2) is 27.0 Å². The minimum Gasteiger partial charge on any atom is -0.389 e. The summed E-state index contributed by atoms with van der Waals surface area (Å²) in [5, 5.41) is 10.3. The zero-order valence-corrected chi connectivity index (χ0v) is 12.0. The van der Waals surface area contributed by atoms with Gasteiger partial charge in [-0.1, -0.05) is 37.0 Å². The van der Waals surface area contributed by atoms with Crippen LogP contribution in [0, 0.1) is 0 Å². The van der Waals surface area contributed by atoms with Gasteiger partial charge in [-0.05, 0) is 30.7 Å². The summed E-state index contributed by atoms with van der Waals surface area (Å²) < 4.78 is 0. The van der Waals surface area contributed by atoms with Crippen LogP contribution in [0.5, 0.6) is 0 Å². The average Bonchev–Trinajstić information content (AvgIpc) is 2.65. The maximum absolute atomic E-state index is 11.0. The topological polar surface area (TPSA) is 49.7 Å². The van der Waals surface area contributed by atoms with Crippen molar-refractivity contribution >= 4 is 34.5 Å². The molecule has 1 heterocycles. The number of rotatable bonds is 5. The highest BCUT2D eigenvalue weighted by Crippen LogP contribution is 2.34. The highest BCUT2D eigenvalue weighted by atomic mass is 32.2. The lowest BCUT2D eigenvalue weighted by molar-refractivity contribution is -0.115. The molecule has 0 unspecified atom stereocenters. The Bertz CT molecular complexity index is 397. The number of hydrogen-bond acceptors (Lipinski definition) is 4. The highest BCUT2D eigenvalue weighted by Gasteiger charge is 2.19. The van der Waals surface area contributed by atoms with Crippen molar-refractivity contribution in [2.45, 2.75) is 33.3 Å². The summed E-state index contributed by atoms with van der Waals surface area (Å²) in [5.41, 5.74) is 1.01. The molecule has 1 atom stereocenters. The van der Waals surface area contributed by atoms with Crippen LogP contribution in [0.25, 0.3) is 0 Å². The van der Waals surface area contributed by atoms with E-state index in [1.54, 1.807) is 6.92 Å². The molecule has 0 aromatic carbocycles. The van der Waals surface area contributed by atoms with E-state index in [1.165, 1.54) is 23.5 Å². The Morgan fingerprint density at radius 1 is 1.71 bits per heavy atom. The number of amides is 1. The van der Waals surface area contributed by atoms with Crippen molar-refractivity contribution in [2.75, 3.05) is 5.75 Å². The van der Waals surface area contributed by atoms with E-state index in [-0.39, 0.29) is 5.91 Å². The standard InChI is InChI=1S/C12H17NO2S2/c1-5-10(7(2)14)8(3)17-9(4)12-13-11(15)6-16-12/h7,14H,4-6H2,1-3H3/b10-8+/t7-/m1/s1. The molecule has 1 aliphatic rings. The normalized spacial score (nSPS) is 18.8. The fourth-order valence-corrected chi connectivity index (χ4v) is 3.49. The van der Waals surface area contributed by atoms with E-state index in [1.807, 2.05) is 13.8 Å². The highest BCUT2D eigenvalue weighted by molar-refractivity contribution is 8.19. The van der Waals surface area contributed by atoms with E-state index in [0.29, 0.717) is 10.8 Å². The van der Waals surface area contributed by atoms with E-state index >= 15 is 0 Å². The number of allylic oxidation sites excluding steroid dienone is 1. The molecule has 3 nitrogen and oxygen atoms in total. The quantitative estimate of drug-likeness (QED) is 0.835. The summed E-state index contributed by atoms with van der Waals surface area (Å²) in [6, 6.07) is 0. The molecule has 17 heavy (non-hydrogen) atoms. The minimum atomic E-state index is -0.444. The smallest absolute Gasteiger partial charge is 0.257 e. The fourth-order valence-electron chi connectivity index (χ4n) is 1.58. The first-order valence-electron chi connectivity index (χ1n) is 5.44. The predicted octanol–water partition coefficient (Wildman–Crippen LogP) is 2.97. The first kappa shape index (κ1) is 14.5. The van der Waals surface area contributed by atoms with E-state index in [9.17, 15) is 9.90 Å². The summed E-state index contributed by atoms with van der Waals surface area (Å²) in [4.78, 5) is 16.8. The second kappa shape index (κ2) is 6.42. The fraction of sp³-hybridized carbons (Fsp3) is 0.500. The van der Waals surface area contributed by atoms with E-state index in [0.717, 1.165) is 21.8 Å². The Balaban J connectivity index is 2.75. The third-order valence-corrected chi connectivity index (χ3v) is 4.55. The largest absolute Gasteiger partial charge is 0.389 e. The van der Waals surface area contributed by atoms with Crippen molar-refractivity contribution in [3.05, 3.63) is 22.0 Å². The molecule has 0 aromatic heterocycles. The molecule has 0 saturated carbocycles. The molecule has 1 aliphatic heterocycles. The first-order chi connectivity index (χ1) is 7.95. The summed E-state index contributed by atoms with van der Waals surface area (Å²) in [6.07, 6.45) is 0.364. The maximum atomic E-state index is 11.0. The van der Waals surface area contributed by atoms with Crippen LogP contribution in [-0.2, 0) is 4.79 Å². The van der Waals surface area contributed by atoms with Gasteiger partial charge in [-0.3, -0.25) is 4.79 Å². The maximum Gasteiger partial charge on any atom is 0.257 e. The Morgan fingerprint density at radius 2 is 2.35 bits per heavy atom. The first-order valence-corrected chi connectivity index (χ1v) is 7.25. The number of thioether (sulfide) groups is 2. The van der Waals surface area contributed by atoms with Crippen molar-refractivity contribution in [3.63, 3.8) is 0 Å². The van der Waals surface area contributed by atoms with Crippen LogP contribution in [0.2, 0.25) is 0 Å². The molecule has 1 rings (SSSR count). The monoisotopic (exact) mass is 271 g/mol. The van der Waals surface area contributed by atoms with Gasteiger partial charge in [0.1, 0.15) is 5.04 Å². The van der Waals surface area contributed by atoms with Crippen LogP contribution in [0.1, 0.15) is 27.2 Å². The molecule has 0 spiro atoms. The molecule has 0 bridgehead atoms. The number of carbonyl (C=O) groups is 1. The van der Waals surface area contributed by atoms with Gasteiger partial charge in [0.05, 0.1) is 11.9 Å². The van der Waals surface area contributed by atoms with Crippen molar-refractivity contribution in [1.29, 1.82) is 0 Å². The predicted molar refractivity (Wildman–Crippen MR) is 76.3 cm³/mol. The molecule has 5 heteroatoms. The second-order valence-corrected chi connectivity index (χ2v) is 6.01. The van der Waals surface area contributed by atoms with Crippen LogP contribution in [0.4, 0.5) is 0 Å². The molecule has 0 fully saturated rings. The van der Waals surface area contributed by atoms with E-state index in [4.69, 9.17) is 0 Å². The molecular formula is C12H17NO2S2. The van der Waals surface area contributed by atoms with Crippen molar-refractivity contribution in [1.82, 2.24) is 0 Å². The van der Waals surface area contributed by atoms with Gasteiger partial charge in [-0.15, -0.1) is 0 Å². The minimum absolute atomic E-state index is 0.0976. The Labute approximate surface area is 110 Å². The van der Waals surface area contributed by atoms with Crippen LogP contribution < -0.4 is 0 Å². The van der Waals surface area contributed by atoms with Gasteiger partial charge in [0.15, 0.2) is 0 Å². The lowest BCUT2D eigenvalue weighted by Crippen LogP contribution is -2.05. The Kier molecular flexibility index (Phi) is 5.49. The zero-order valence-electron chi connectivity index (χ0n) is 10.3. The van der Waals surface area contributed by atoms with Gasteiger partial charge in [-0.25, -0.2) is 4.99 Å². The van der Waals surface area contributed by atoms with E-state index in [2.05, 4.69) is 11.6 Å². The number of aliphatic imine (C=N–C) groups is 1. The van der Waals surface area contributed by atoms with Crippen molar-refractivity contribution in [3.8, 4) is 0 Å². The van der Waals surface area contributed by atoms with Gasteiger partial charge in [-0.2, -0.15) is 0 Å². The van der Waals surface area contributed by atoms with Crippen molar-refractivity contribution in [2.24, 2.45) is 4.99 Å². The van der Waals surface area contributed by atoms with Crippen LogP contribution >= 0.6 is 23.5 Å². The Hall–Kier alpha value is -0.520. The van der Waals surface area contributed by atoms with Gasteiger partial charge >= 0.3 is 0 Å². The molecule has 94 valence electrons. The number of aliphatic hydroxyl groups excluding tert-OH is 1. The SMILES string of the molecule is C=C(S/C(C)=C(\CC)[C@@H](C)O)C1=NC(=O)CS1. The lowest BCUT2D eigenvalue weighted by atomic mass is 10.1. The average molecular weight is 271 g/mol. The van der Waals surface area contributed by atoms with Crippen LogP contribution in [-0.4, -0.2) is 27.9 Å². The molecule has 0 radical (unpaired) electrons. The van der Waals surface area contributed by atoms with E-state index < -0.39 is 6.10 Å². The molecule has 0 saturated heterocycles. The number of hydrogen-bond donors (Lipinski definition) is 1. The number of nitrogens with zero attached hydrogens (tertiary/aromatic N) is 1. The van der Waals surface area contributed by atoms with Crippen LogP contribution in [0.3, 0.4) is 0 Å². The van der Waals surface area contributed by atoms with Crippen molar-refractivity contribution < 1.29 is 9.90 Å². The summed E-state index contributed by atoms with van der Waals surface area (Å²) >= 11 is 2.90. The third-order valence-electron chi connectivity index (χ3n) is 2.41. The number of carbonyl (C=O) groups excluding carboxylic acids is 1. The molecule has 1 N–H and O–H groups in total. The second-order valence-electron chi connectivity index (χ2n) is 3.74. The number of aliphatic hydroxyl groups is 1. The molecule has 0 aliphatic carbocycles. The zero-order chi connectivity index (χ0) is 13.0. The summed E-state index contributed by atoms with van der Waals surface area (Å²) in [5.74, 6) is 0.314. The lowest BCUT2D eigenvalue weighted by Gasteiger charge is -2.13. The Morgan fingerprint density at radius 3 is 2.76 bits per heavy atom. The third kappa shape index (κ3) is 4.01. The molecule has 1 amide bonds. The molecular weight excluding hydrogens is 254 g/mol. The molecule has 0 aromatic rings. The summed E-state index contributed by atoms with van der Waals surface area (Å²) in [6.45, 7) is 9.67. The summed E-state index contributed by atoms with van der Waals surface area (Å²) in [7, 11) is 0. The van der Waals surface area contributed by atoms with Gasteiger partial charge in [0, 0.05) is 4.91 Å². The van der Waals surface area contributed by atoms with Gasteiger partial charge in [0.25, 0.3) is 5.91 Å².